The summed E-state index contributed by atoms with van der Waals surface area (Å²) in [6.07, 6.45) is 0.727. The number of pyridine rings is 1. The van der Waals surface area contributed by atoms with E-state index in [4.69, 9.17) is 23.2 Å². The second kappa shape index (κ2) is 4.07. The fraction of sp³-hybridized carbons (Fsp3) is 0.455. The van der Waals surface area contributed by atoms with Gasteiger partial charge in [0.05, 0.1) is 17.0 Å². The first-order valence-electron chi connectivity index (χ1n) is 5.67. The molecule has 2 fully saturated rings. The minimum atomic E-state index is -2.97. The van der Waals surface area contributed by atoms with Crippen molar-refractivity contribution in [3.05, 3.63) is 28.0 Å². The molecule has 3 heterocycles. The molecule has 0 unspecified atom stereocenters. The van der Waals surface area contributed by atoms with E-state index in [-0.39, 0.29) is 27.7 Å². The van der Waals surface area contributed by atoms with Crippen LogP contribution in [0.15, 0.2) is 12.1 Å². The maximum Gasteiger partial charge on any atom is 0.254 e. The zero-order valence-electron chi connectivity index (χ0n) is 9.77. The SMILES string of the molecule is O=C(c1cc(Cl)nc(Cl)c1)N1CCC12CS(=O)(=O)C2. The van der Waals surface area contributed by atoms with Crippen LogP contribution in [0.5, 0.6) is 0 Å². The molecule has 1 aromatic rings. The van der Waals surface area contributed by atoms with Crippen molar-refractivity contribution in [2.45, 2.75) is 12.0 Å². The third kappa shape index (κ3) is 2.11. The van der Waals surface area contributed by atoms with Crippen molar-refractivity contribution >= 4 is 38.9 Å². The molecule has 2 aliphatic heterocycles. The topological polar surface area (TPSA) is 67.3 Å². The third-order valence-corrected chi connectivity index (χ3v) is 5.95. The number of carbonyl (C=O) groups excluding carboxylic acids is 1. The van der Waals surface area contributed by atoms with Gasteiger partial charge in [-0.05, 0) is 18.6 Å². The van der Waals surface area contributed by atoms with Crippen molar-refractivity contribution in [1.82, 2.24) is 9.88 Å². The van der Waals surface area contributed by atoms with Gasteiger partial charge in [0.1, 0.15) is 10.3 Å². The Labute approximate surface area is 120 Å². The van der Waals surface area contributed by atoms with Gasteiger partial charge in [0.15, 0.2) is 9.84 Å². The van der Waals surface area contributed by atoms with Crippen LogP contribution in [-0.4, -0.2) is 47.8 Å². The maximum atomic E-state index is 12.3. The Kier molecular flexibility index (Phi) is 2.82. The summed E-state index contributed by atoms with van der Waals surface area (Å²) in [5, 5.41) is 0.290. The predicted molar refractivity (Wildman–Crippen MR) is 71.3 cm³/mol. The van der Waals surface area contributed by atoms with Crippen LogP contribution in [0.4, 0.5) is 0 Å². The number of amides is 1. The molecule has 0 aromatic carbocycles. The summed E-state index contributed by atoms with van der Waals surface area (Å²) in [6, 6.07) is 2.88. The van der Waals surface area contributed by atoms with Crippen LogP contribution in [0.25, 0.3) is 0 Å². The minimum Gasteiger partial charge on any atom is -0.331 e. The molecule has 0 N–H and O–H groups in total. The van der Waals surface area contributed by atoms with Crippen LogP contribution in [0, 0.1) is 0 Å². The summed E-state index contributed by atoms with van der Waals surface area (Å²) in [4.78, 5) is 17.7. The normalized spacial score (nSPS) is 22.7. The summed E-state index contributed by atoms with van der Waals surface area (Å²) >= 11 is 11.5. The molecule has 5 nitrogen and oxygen atoms in total. The number of halogens is 2. The Balaban J connectivity index is 1.85. The number of sulfone groups is 1. The monoisotopic (exact) mass is 320 g/mol. The summed E-state index contributed by atoms with van der Waals surface area (Å²) < 4.78 is 22.6. The van der Waals surface area contributed by atoms with E-state index in [2.05, 4.69) is 4.98 Å². The summed E-state index contributed by atoms with van der Waals surface area (Å²) in [5.74, 6) is -0.135. The second-order valence-electron chi connectivity index (χ2n) is 4.96. The standard InChI is InChI=1S/C11H10Cl2N2O3S/c12-8-3-7(4-9(13)14-8)10(16)15-2-1-11(15)5-19(17,18)6-11/h3-4H,1-2,5-6H2. The van der Waals surface area contributed by atoms with Gasteiger partial charge in [-0.2, -0.15) is 0 Å². The number of rotatable bonds is 1. The van der Waals surface area contributed by atoms with Gasteiger partial charge >= 0.3 is 0 Å². The Morgan fingerprint density at radius 2 is 1.84 bits per heavy atom. The molecular formula is C11H10Cl2N2O3S. The first kappa shape index (κ1) is 13.1. The Bertz CT molecular complexity index is 642. The van der Waals surface area contributed by atoms with Gasteiger partial charge in [0, 0.05) is 12.1 Å². The van der Waals surface area contributed by atoms with E-state index < -0.39 is 15.4 Å². The molecule has 3 rings (SSSR count). The first-order valence-corrected chi connectivity index (χ1v) is 8.25. The first-order chi connectivity index (χ1) is 8.81. The number of carbonyl (C=O) groups is 1. The number of aromatic nitrogens is 1. The highest BCUT2D eigenvalue weighted by atomic mass is 35.5. The molecule has 1 aromatic heterocycles. The summed E-state index contributed by atoms with van der Waals surface area (Å²) in [6.45, 7) is 0.561. The fourth-order valence-electron chi connectivity index (χ4n) is 2.68. The molecule has 1 spiro atoms. The molecule has 0 radical (unpaired) electrons. The van der Waals surface area contributed by atoms with Crippen LogP contribution in [0.3, 0.4) is 0 Å². The largest absolute Gasteiger partial charge is 0.331 e. The van der Waals surface area contributed by atoms with Crippen LogP contribution < -0.4 is 0 Å². The third-order valence-electron chi connectivity index (χ3n) is 3.61. The van der Waals surface area contributed by atoms with E-state index in [0.29, 0.717) is 12.1 Å². The molecule has 8 heteroatoms. The van der Waals surface area contributed by atoms with Gasteiger partial charge < -0.3 is 4.90 Å². The van der Waals surface area contributed by atoms with E-state index in [0.717, 1.165) is 6.42 Å². The summed E-state index contributed by atoms with van der Waals surface area (Å²) in [5.41, 5.74) is -0.161. The Morgan fingerprint density at radius 3 is 2.26 bits per heavy atom. The van der Waals surface area contributed by atoms with Gasteiger partial charge in [-0.3, -0.25) is 4.79 Å². The second-order valence-corrected chi connectivity index (χ2v) is 7.80. The summed E-state index contributed by atoms with van der Waals surface area (Å²) in [7, 11) is -2.97. The van der Waals surface area contributed by atoms with E-state index in [1.54, 1.807) is 4.90 Å². The molecule has 102 valence electrons. The van der Waals surface area contributed by atoms with Crippen molar-refractivity contribution in [3.63, 3.8) is 0 Å². The lowest BCUT2D eigenvalue weighted by molar-refractivity contribution is 0.0122. The predicted octanol–water partition coefficient (Wildman–Crippen LogP) is 1.40. The maximum absolute atomic E-state index is 12.3. The van der Waals surface area contributed by atoms with E-state index in [1.807, 2.05) is 0 Å². The molecular weight excluding hydrogens is 311 g/mol. The van der Waals surface area contributed by atoms with Crippen LogP contribution >= 0.6 is 23.2 Å². The molecule has 0 aliphatic carbocycles. The lowest BCUT2D eigenvalue weighted by atomic mass is 9.86. The Morgan fingerprint density at radius 1 is 1.26 bits per heavy atom. The molecule has 19 heavy (non-hydrogen) atoms. The van der Waals surface area contributed by atoms with Crippen molar-refractivity contribution in [2.24, 2.45) is 0 Å². The number of likely N-dealkylation sites (tertiary alicyclic amines) is 1. The zero-order chi connectivity index (χ0) is 13.8. The molecule has 1 amide bonds. The Hall–Kier alpha value is -0.850. The lowest BCUT2D eigenvalue weighted by Crippen LogP contribution is -2.74. The van der Waals surface area contributed by atoms with Gasteiger partial charge in [-0.15, -0.1) is 0 Å². The van der Waals surface area contributed by atoms with Crippen molar-refractivity contribution in [3.8, 4) is 0 Å². The highest BCUT2D eigenvalue weighted by molar-refractivity contribution is 7.93. The van der Waals surface area contributed by atoms with Crippen molar-refractivity contribution in [1.29, 1.82) is 0 Å². The average molecular weight is 321 g/mol. The lowest BCUT2D eigenvalue weighted by Gasteiger charge is -2.57. The molecule has 0 atom stereocenters. The zero-order valence-corrected chi connectivity index (χ0v) is 12.1. The van der Waals surface area contributed by atoms with Gasteiger partial charge in [0.25, 0.3) is 5.91 Å². The van der Waals surface area contributed by atoms with Crippen LogP contribution in [-0.2, 0) is 9.84 Å². The highest BCUT2D eigenvalue weighted by Crippen LogP contribution is 2.41. The fourth-order valence-corrected chi connectivity index (χ4v) is 5.29. The number of hydrogen-bond donors (Lipinski definition) is 0. The smallest absolute Gasteiger partial charge is 0.254 e. The molecule has 2 aliphatic rings. The minimum absolute atomic E-state index is 0.0539. The van der Waals surface area contributed by atoms with Crippen LogP contribution in [0.2, 0.25) is 10.3 Å². The highest BCUT2D eigenvalue weighted by Gasteiger charge is 2.59. The van der Waals surface area contributed by atoms with E-state index >= 15 is 0 Å². The van der Waals surface area contributed by atoms with Crippen molar-refractivity contribution in [2.75, 3.05) is 18.1 Å². The van der Waals surface area contributed by atoms with Gasteiger partial charge in [-0.25, -0.2) is 13.4 Å². The quantitative estimate of drug-likeness (QED) is 0.733. The van der Waals surface area contributed by atoms with E-state index in [1.165, 1.54) is 12.1 Å². The van der Waals surface area contributed by atoms with E-state index in [9.17, 15) is 13.2 Å². The van der Waals surface area contributed by atoms with Gasteiger partial charge in [0.2, 0.25) is 0 Å². The number of hydrogen-bond acceptors (Lipinski definition) is 4. The molecule has 2 saturated heterocycles. The van der Waals surface area contributed by atoms with Gasteiger partial charge in [-0.1, -0.05) is 23.2 Å². The molecule has 0 saturated carbocycles. The van der Waals surface area contributed by atoms with Crippen LogP contribution in [0.1, 0.15) is 16.8 Å². The average Bonchev–Trinajstić information content (AvgIpc) is 2.22. The molecule has 0 bridgehead atoms. The van der Waals surface area contributed by atoms with Crippen molar-refractivity contribution < 1.29 is 13.2 Å². The number of nitrogens with zero attached hydrogens (tertiary/aromatic N) is 2.